The van der Waals surface area contributed by atoms with Crippen LogP contribution in [0.3, 0.4) is 0 Å². The lowest BCUT2D eigenvalue weighted by atomic mass is 9.76. The third-order valence-corrected chi connectivity index (χ3v) is 6.44. The van der Waals surface area contributed by atoms with E-state index < -0.39 is 17.0 Å². The number of likely N-dealkylation sites (tertiary alicyclic amines) is 1. The molecular weight excluding hydrogens is 418 g/mol. The number of hydrogen-bond donors (Lipinski definition) is 3. The van der Waals surface area contributed by atoms with Gasteiger partial charge in [-0.2, -0.15) is 0 Å². The van der Waals surface area contributed by atoms with Gasteiger partial charge in [0, 0.05) is 29.8 Å². The van der Waals surface area contributed by atoms with E-state index in [0.29, 0.717) is 17.5 Å². The van der Waals surface area contributed by atoms with Crippen molar-refractivity contribution in [3.8, 4) is 0 Å². The van der Waals surface area contributed by atoms with E-state index in [1.165, 1.54) is 0 Å². The zero-order valence-electron chi connectivity index (χ0n) is 18.9. The molecule has 2 aliphatic heterocycles. The van der Waals surface area contributed by atoms with E-state index in [9.17, 15) is 14.4 Å². The number of H-pyrrole nitrogens is 1. The van der Waals surface area contributed by atoms with E-state index in [4.69, 9.17) is 0 Å². The number of nitrogens with one attached hydrogen (secondary N) is 3. The highest BCUT2D eigenvalue weighted by molar-refractivity contribution is 6.00. The first-order valence-electron chi connectivity index (χ1n) is 11.1. The number of carbonyl (C=O) groups excluding carboxylic acids is 3. The van der Waals surface area contributed by atoms with Gasteiger partial charge in [-0.05, 0) is 57.0 Å². The van der Waals surface area contributed by atoms with Crippen molar-refractivity contribution in [3.05, 3.63) is 65.5 Å². The van der Waals surface area contributed by atoms with Crippen molar-refractivity contribution in [2.24, 2.45) is 5.92 Å². The highest BCUT2D eigenvalue weighted by Crippen LogP contribution is 2.36. The van der Waals surface area contributed by atoms with Crippen molar-refractivity contribution in [1.82, 2.24) is 25.5 Å². The van der Waals surface area contributed by atoms with Gasteiger partial charge >= 0.3 is 0 Å². The van der Waals surface area contributed by atoms with E-state index in [1.807, 2.05) is 39.0 Å². The summed E-state index contributed by atoms with van der Waals surface area (Å²) in [6.07, 6.45) is 2.08. The molecule has 3 aromatic rings. The van der Waals surface area contributed by atoms with Crippen molar-refractivity contribution in [3.63, 3.8) is 0 Å². The molecule has 33 heavy (non-hydrogen) atoms. The molecule has 170 valence electrons. The van der Waals surface area contributed by atoms with Gasteiger partial charge in [0.25, 0.3) is 11.8 Å². The minimum Gasteiger partial charge on any atom is -0.351 e. The van der Waals surface area contributed by atoms with Gasteiger partial charge in [-0.1, -0.05) is 18.2 Å². The van der Waals surface area contributed by atoms with E-state index in [-0.39, 0.29) is 30.8 Å². The topological polar surface area (TPSA) is 107 Å². The molecule has 2 aliphatic rings. The average molecular weight is 446 g/mol. The summed E-state index contributed by atoms with van der Waals surface area (Å²) in [4.78, 5) is 48.8. The van der Waals surface area contributed by atoms with E-state index in [1.54, 1.807) is 35.5 Å². The Morgan fingerprint density at radius 2 is 1.97 bits per heavy atom. The summed E-state index contributed by atoms with van der Waals surface area (Å²) >= 11 is 0. The summed E-state index contributed by atoms with van der Waals surface area (Å²) in [5.41, 5.74) is 2.28. The smallest absolute Gasteiger partial charge is 0.254 e. The molecular formula is C25H27N5O3. The molecule has 0 radical (unpaired) electrons. The highest BCUT2D eigenvalue weighted by Gasteiger charge is 2.54. The number of nitrogens with zero attached hydrogens (tertiary/aromatic N) is 2. The number of carbonyl (C=O) groups is 3. The van der Waals surface area contributed by atoms with Crippen LogP contribution in [0.5, 0.6) is 0 Å². The first kappa shape index (κ1) is 21.2. The second kappa shape index (κ2) is 7.43. The molecule has 3 amide bonds. The van der Waals surface area contributed by atoms with Crippen molar-refractivity contribution >= 4 is 28.8 Å². The summed E-state index contributed by atoms with van der Waals surface area (Å²) in [6.45, 7) is 6.25. The quantitative estimate of drug-likeness (QED) is 0.562. The molecule has 0 unspecified atom stereocenters. The van der Waals surface area contributed by atoms with Crippen LogP contribution in [0.15, 0.2) is 48.8 Å². The minimum absolute atomic E-state index is 0.165. The average Bonchev–Trinajstić information content (AvgIpc) is 3.36. The fourth-order valence-corrected chi connectivity index (χ4v) is 4.99. The molecule has 3 heterocycles. The van der Waals surface area contributed by atoms with Gasteiger partial charge in [-0.3, -0.25) is 14.4 Å². The first-order valence-corrected chi connectivity index (χ1v) is 11.1. The Morgan fingerprint density at radius 1 is 1.18 bits per heavy atom. The van der Waals surface area contributed by atoms with Gasteiger partial charge in [0.2, 0.25) is 5.91 Å². The Labute approximate surface area is 191 Å². The molecule has 5 rings (SSSR count). The predicted molar refractivity (Wildman–Crippen MR) is 124 cm³/mol. The zero-order valence-corrected chi connectivity index (χ0v) is 18.9. The second-order valence-corrected chi connectivity index (χ2v) is 10.1. The lowest BCUT2D eigenvalue weighted by Crippen LogP contribution is -2.62. The predicted octanol–water partition coefficient (Wildman–Crippen LogP) is 2.27. The highest BCUT2D eigenvalue weighted by atomic mass is 16.2. The Hall–Kier alpha value is -3.68. The summed E-state index contributed by atoms with van der Waals surface area (Å²) < 4.78 is 0. The standard InChI is InChI=1S/C25H27N5O3/c1-24(2,3)28-22(32)18-12-30(23(33)15-8-9-19-20(10-15)27-14-26-19)13-25(18)11-16-6-4-5-7-17(16)21(31)29-25/h4-10,14,18H,11-13H2,1-3H3,(H,26,27)(H,28,32)(H,29,31)/t18-,25+/m0/s1. The van der Waals surface area contributed by atoms with Crippen LogP contribution in [0, 0.1) is 5.92 Å². The number of aromatic amines is 1. The number of hydrogen-bond acceptors (Lipinski definition) is 4. The van der Waals surface area contributed by atoms with Crippen LogP contribution in [0.4, 0.5) is 0 Å². The summed E-state index contributed by atoms with van der Waals surface area (Å²) in [6, 6.07) is 12.8. The van der Waals surface area contributed by atoms with Crippen LogP contribution in [-0.2, 0) is 11.2 Å². The summed E-state index contributed by atoms with van der Waals surface area (Å²) in [5.74, 6) is -1.13. The molecule has 1 spiro atoms. The number of aromatic nitrogens is 2. The molecule has 1 saturated heterocycles. The molecule has 1 fully saturated rings. The zero-order chi connectivity index (χ0) is 23.4. The van der Waals surface area contributed by atoms with Crippen molar-refractivity contribution in [1.29, 1.82) is 0 Å². The molecule has 0 saturated carbocycles. The third-order valence-electron chi connectivity index (χ3n) is 6.44. The summed E-state index contributed by atoms with van der Waals surface area (Å²) in [5, 5.41) is 6.17. The number of imidazole rings is 1. The molecule has 3 N–H and O–H groups in total. The van der Waals surface area contributed by atoms with E-state index in [0.717, 1.165) is 16.6 Å². The van der Waals surface area contributed by atoms with Gasteiger partial charge < -0.3 is 20.5 Å². The molecule has 8 nitrogen and oxygen atoms in total. The maximum absolute atomic E-state index is 13.5. The van der Waals surface area contributed by atoms with Crippen LogP contribution in [-0.4, -0.2) is 56.8 Å². The Bertz CT molecular complexity index is 1270. The van der Waals surface area contributed by atoms with Crippen LogP contribution < -0.4 is 10.6 Å². The van der Waals surface area contributed by atoms with Crippen LogP contribution in [0.25, 0.3) is 11.0 Å². The first-order chi connectivity index (χ1) is 15.7. The molecule has 0 bridgehead atoms. The van der Waals surface area contributed by atoms with Crippen molar-refractivity contribution in [2.75, 3.05) is 13.1 Å². The number of amides is 3. The Kier molecular flexibility index (Phi) is 4.77. The van der Waals surface area contributed by atoms with E-state index in [2.05, 4.69) is 20.6 Å². The molecule has 2 aromatic carbocycles. The van der Waals surface area contributed by atoms with Gasteiger partial charge in [0.1, 0.15) is 0 Å². The van der Waals surface area contributed by atoms with Crippen LogP contribution in [0.2, 0.25) is 0 Å². The molecule has 1 aromatic heterocycles. The maximum atomic E-state index is 13.5. The molecule has 8 heteroatoms. The summed E-state index contributed by atoms with van der Waals surface area (Å²) in [7, 11) is 0. The Morgan fingerprint density at radius 3 is 2.76 bits per heavy atom. The van der Waals surface area contributed by atoms with Gasteiger partial charge in [-0.25, -0.2) is 4.98 Å². The molecule has 2 atom stereocenters. The number of benzene rings is 2. The normalized spacial score (nSPS) is 22.3. The van der Waals surface area contributed by atoms with Crippen molar-refractivity contribution < 1.29 is 14.4 Å². The number of rotatable bonds is 2. The van der Waals surface area contributed by atoms with Gasteiger partial charge in [-0.15, -0.1) is 0 Å². The van der Waals surface area contributed by atoms with Crippen LogP contribution in [0.1, 0.15) is 47.1 Å². The largest absolute Gasteiger partial charge is 0.351 e. The van der Waals surface area contributed by atoms with Gasteiger partial charge in [0.15, 0.2) is 0 Å². The SMILES string of the molecule is CC(C)(C)NC(=O)[C@@H]1CN(C(=O)c2ccc3nc[nH]c3c2)C[C@]12Cc1ccccc1C(=O)N2. The third kappa shape index (κ3) is 3.75. The maximum Gasteiger partial charge on any atom is 0.254 e. The fourth-order valence-electron chi connectivity index (χ4n) is 4.99. The Balaban J connectivity index is 1.50. The lowest BCUT2D eigenvalue weighted by Gasteiger charge is -2.39. The second-order valence-electron chi connectivity index (χ2n) is 10.1. The minimum atomic E-state index is -0.867. The van der Waals surface area contributed by atoms with Crippen molar-refractivity contribution in [2.45, 2.75) is 38.3 Å². The molecule has 0 aliphatic carbocycles. The lowest BCUT2D eigenvalue weighted by molar-refractivity contribution is -0.127. The number of fused-ring (bicyclic) bond motifs is 2. The van der Waals surface area contributed by atoms with E-state index >= 15 is 0 Å². The van der Waals surface area contributed by atoms with Gasteiger partial charge in [0.05, 0.1) is 28.8 Å². The monoisotopic (exact) mass is 445 g/mol. The fraction of sp³-hybridized carbons (Fsp3) is 0.360. The van der Waals surface area contributed by atoms with Crippen LogP contribution >= 0.6 is 0 Å².